The molecule has 2 aliphatic rings. The lowest BCUT2D eigenvalue weighted by Crippen LogP contribution is -2.40. The highest BCUT2D eigenvalue weighted by Crippen LogP contribution is 2.17. The van der Waals surface area contributed by atoms with Gasteiger partial charge in [0.05, 0.1) is 6.54 Å². The largest absolute Gasteiger partial charge is 0.479 e. The van der Waals surface area contributed by atoms with Gasteiger partial charge >= 0.3 is 5.97 Å². The lowest BCUT2D eigenvalue weighted by molar-refractivity contribution is -0.143. The number of nitrogens with zero attached hydrogens (tertiary/aromatic N) is 2. The third kappa shape index (κ3) is 1.30. The molecular weight excluding hydrogens is 168 g/mol. The number of aliphatic carboxylic acids is 1. The van der Waals surface area contributed by atoms with Crippen LogP contribution in [0.5, 0.6) is 0 Å². The Morgan fingerprint density at radius 3 is 3.00 bits per heavy atom. The summed E-state index contributed by atoms with van der Waals surface area (Å²) < 4.78 is 0. The van der Waals surface area contributed by atoms with Crippen LogP contribution in [0.1, 0.15) is 0 Å². The van der Waals surface area contributed by atoms with Crippen LogP contribution in [-0.2, 0) is 4.79 Å². The first-order chi connectivity index (χ1) is 6.29. The zero-order valence-electron chi connectivity index (χ0n) is 7.00. The summed E-state index contributed by atoms with van der Waals surface area (Å²) in [5, 5.41) is 12.4. The smallest absolute Gasteiger partial charge is 0.332 e. The summed E-state index contributed by atoms with van der Waals surface area (Å²) in [5.41, 5.74) is 0. The molecule has 4 nitrogen and oxygen atoms in total. The Balaban J connectivity index is 2.22. The lowest BCUT2D eigenvalue weighted by Gasteiger charge is -2.28. The van der Waals surface area contributed by atoms with Gasteiger partial charge in [-0.05, 0) is 12.2 Å². The second kappa shape index (κ2) is 2.97. The van der Waals surface area contributed by atoms with Crippen LogP contribution in [0.3, 0.4) is 0 Å². The molecule has 0 fully saturated rings. The van der Waals surface area contributed by atoms with Crippen LogP contribution in [0.25, 0.3) is 0 Å². The van der Waals surface area contributed by atoms with Crippen LogP contribution in [0, 0.1) is 0 Å². The molecule has 0 saturated carbocycles. The zero-order valence-corrected chi connectivity index (χ0v) is 7.00. The quantitative estimate of drug-likeness (QED) is 0.637. The van der Waals surface area contributed by atoms with E-state index in [4.69, 9.17) is 5.11 Å². The Morgan fingerprint density at radius 1 is 1.38 bits per heavy atom. The SMILES string of the molecule is O=C(O)[C@@H]1C=CN2CC=CC=CN12. The molecular formula is C9H10N2O2. The maximum atomic E-state index is 10.8. The first kappa shape index (κ1) is 7.91. The average molecular weight is 178 g/mol. The van der Waals surface area contributed by atoms with Gasteiger partial charge in [-0.15, -0.1) is 0 Å². The van der Waals surface area contributed by atoms with E-state index >= 15 is 0 Å². The number of hydrogen-bond acceptors (Lipinski definition) is 3. The molecule has 4 heteroatoms. The van der Waals surface area contributed by atoms with E-state index in [1.165, 1.54) is 0 Å². The molecule has 2 heterocycles. The topological polar surface area (TPSA) is 43.8 Å². The zero-order chi connectivity index (χ0) is 9.26. The summed E-state index contributed by atoms with van der Waals surface area (Å²) in [6, 6.07) is -0.559. The standard InChI is InChI=1S/C9H10N2O2/c12-9(13)8-4-7-10-5-2-1-3-6-11(8)10/h1-4,6-8H,5H2,(H,12,13)/t8-/m0/s1. The Morgan fingerprint density at radius 2 is 2.23 bits per heavy atom. The molecule has 1 N–H and O–H groups in total. The van der Waals surface area contributed by atoms with E-state index in [1.54, 1.807) is 23.5 Å². The van der Waals surface area contributed by atoms with Gasteiger partial charge in [0.1, 0.15) is 0 Å². The summed E-state index contributed by atoms with van der Waals surface area (Å²) >= 11 is 0. The van der Waals surface area contributed by atoms with Crippen LogP contribution in [-0.4, -0.2) is 33.7 Å². The van der Waals surface area contributed by atoms with Crippen LogP contribution in [0.4, 0.5) is 0 Å². The normalized spacial score (nSPS) is 24.8. The van der Waals surface area contributed by atoms with Crippen molar-refractivity contribution in [3.05, 3.63) is 36.7 Å². The third-order valence-electron chi connectivity index (χ3n) is 2.05. The molecule has 0 saturated heterocycles. The van der Waals surface area contributed by atoms with Crippen LogP contribution >= 0.6 is 0 Å². The molecule has 0 spiro atoms. The number of carboxylic acid groups (broad SMARTS) is 1. The number of carboxylic acids is 1. The predicted molar refractivity (Wildman–Crippen MR) is 47.4 cm³/mol. The van der Waals surface area contributed by atoms with Crippen molar-refractivity contribution in [1.82, 2.24) is 10.0 Å². The number of allylic oxidation sites excluding steroid dienone is 2. The molecule has 2 rings (SSSR count). The summed E-state index contributed by atoms with van der Waals surface area (Å²) in [5.74, 6) is -0.828. The van der Waals surface area contributed by atoms with E-state index in [9.17, 15) is 4.79 Å². The number of hydrazine groups is 1. The van der Waals surface area contributed by atoms with Crippen LogP contribution in [0.15, 0.2) is 36.7 Å². The van der Waals surface area contributed by atoms with Gasteiger partial charge in [-0.2, -0.15) is 0 Å². The highest BCUT2D eigenvalue weighted by molar-refractivity contribution is 5.76. The molecule has 13 heavy (non-hydrogen) atoms. The number of fused-ring (bicyclic) bond motifs is 1. The molecule has 0 unspecified atom stereocenters. The van der Waals surface area contributed by atoms with Crippen LogP contribution in [0.2, 0.25) is 0 Å². The number of rotatable bonds is 1. The molecule has 0 amide bonds. The highest BCUT2D eigenvalue weighted by Gasteiger charge is 2.28. The van der Waals surface area contributed by atoms with Crippen molar-refractivity contribution in [1.29, 1.82) is 0 Å². The van der Waals surface area contributed by atoms with Crippen molar-refractivity contribution in [2.75, 3.05) is 6.54 Å². The molecule has 0 aromatic rings. The first-order valence-electron chi connectivity index (χ1n) is 4.08. The van der Waals surface area contributed by atoms with E-state index in [1.807, 2.05) is 23.2 Å². The minimum Gasteiger partial charge on any atom is -0.479 e. The average Bonchev–Trinajstić information content (AvgIpc) is 2.36. The molecule has 1 atom stereocenters. The van der Waals surface area contributed by atoms with E-state index in [0.29, 0.717) is 6.54 Å². The van der Waals surface area contributed by atoms with Crippen molar-refractivity contribution in [3.8, 4) is 0 Å². The van der Waals surface area contributed by atoms with Gasteiger partial charge in [-0.25, -0.2) is 4.79 Å². The van der Waals surface area contributed by atoms with Gasteiger partial charge < -0.3 is 5.11 Å². The molecule has 68 valence electrons. The minimum atomic E-state index is -0.828. The van der Waals surface area contributed by atoms with Crippen LogP contribution < -0.4 is 0 Å². The number of hydrogen-bond donors (Lipinski definition) is 1. The third-order valence-corrected chi connectivity index (χ3v) is 2.05. The van der Waals surface area contributed by atoms with Crippen molar-refractivity contribution >= 4 is 5.97 Å². The highest BCUT2D eigenvalue weighted by atomic mass is 16.4. The maximum absolute atomic E-state index is 10.8. The monoisotopic (exact) mass is 178 g/mol. The summed E-state index contributed by atoms with van der Waals surface area (Å²) in [7, 11) is 0. The van der Waals surface area contributed by atoms with Gasteiger partial charge in [-0.3, -0.25) is 10.0 Å². The van der Waals surface area contributed by atoms with Gasteiger partial charge in [0.25, 0.3) is 0 Å². The fourth-order valence-electron chi connectivity index (χ4n) is 1.42. The van der Waals surface area contributed by atoms with E-state index < -0.39 is 12.0 Å². The summed E-state index contributed by atoms with van der Waals surface area (Å²) in [4.78, 5) is 10.8. The van der Waals surface area contributed by atoms with E-state index in [-0.39, 0.29) is 0 Å². The lowest BCUT2D eigenvalue weighted by atomic mass is 10.3. The molecule has 0 aromatic carbocycles. The minimum absolute atomic E-state index is 0.559. The summed E-state index contributed by atoms with van der Waals surface area (Å²) in [6.45, 7) is 0.716. The van der Waals surface area contributed by atoms with Crippen molar-refractivity contribution < 1.29 is 9.90 Å². The molecule has 0 radical (unpaired) electrons. The Hall–Kier alpha value is -1.71. The van der Waals surface area contributed by atoms with Gasteiger partial charge in [-0.1, -0.05) is 12.2 Å². The van der Waals surface area contributed by atoms with Crippen molar-refractivity contribution in [3.63, 3.8) is 0 Å². The predicted octanol–water partition coefficient (Wildman–Crippen LogP) is 0.569. The van der Waals surface area contributed by atoms with E-state index in [2.05, 4.69) is 0 Å². The first-order valence-corrected chi connectivity index (χ1v) is 4.08. The van der Waals surface area contributed by atoms with E-state index in [0.717, 1.165) is 0 Å². The Labute approximate surface area is 76.0 Å². The van der Waals surface area contributed by atoms with Gasteiger partial charge in [0.15, 0.2) is 6.04 Å². The van der Waals surface area contributed by atoms with Gasteiger partial charge in [0.2, 0.25) is 0 Å². The fourth-order valence-corrected chi connectivity index (χ4v) is 1.42. The Bertz CT molecular complexity index is 307. The molecule has 2 aliphatic heterocycles. The number of carbonyl (C=O) groups is 1. The molecule has 0 bridgehead atoms. The molecule has 0 aromatic heterocycles. The Kier molecular flexibility index (Phi) is 1.81. The van der Waals surface area contributed by atoms with Gasteiger partial charge in [0, 0.05) is 12.4 Å². The molecule has 0 aliphatic carbocycles. The van der Waals surface area contributed by atoms with Crippen molar-refractivity contribution in [2.45, 2.75) is 6.04 Å². The second-order valence-corrected chi connectivity index (χ2v) is 2.90. The van der Waals surface area contributed by atoms with Crippen molar-refractivity contribution in [2.24, 2.45) is 0 Å². The maximum Gasteiger partial charge on any atom is 0.332 e. The summed E-state index contributed by atoms with van der Waals surface area (Å²) in [6.07, 6.45) is 11.0. The second-order valence-electron chi connectivity index (χ2n) is 2.90. The fraction of sp³-hybridized carbons (Fsp3) is 0.222.